The number of anilines is 2. The molecule has 0 fully saturated rings. The second-order valence-corrected chi connectivity index (χ2v) is 8.88. The van der Waals surface area contributed by atoms with Crippen molar-refractivity contribution in [1.29, 1.82) is 0 Å². The molecule has 2 heterocycles. The Bertz CT molecular complexity index is 1690. The highest BCUT2D eigenvalue weighted by Gasteiger charge is 2.15. The minimum atomic E-state index is -0.816. The predicted octanol–water partition coefficient (Wildman–Crippen LogP) is 6.40. The number of rotatable bonds is 9. The second-order valence-electron chi connectivity index (χ2n) is 8.47. The van der Waals surface area contributed by atoms with E-state index in [0.717, 1.165) is 11.6 Å². The van der Waals surface area contributed by atoms with Gasteiger partial charge in [-0.1, -0.05) is 29.8 Å². The molecular formula is C29H22ClFN4O5. The molecule has 0 unspecified atom stereocenters. The number of nitrogens with one attached hydrogen (secondary N) is 1. The number of benzene rings is 3. The summed E-state index contributed by atoms with van der Waals surface area (Å²) in [6.45, 7) is 0.549. The van der Waals surface area contributed by atoms with Gasteiger partial charge in [0.05, 0.1) is 35.3 Å². The van der Waals surface area contributed by atoms with E-state index in [0.29, 0.717) is 34.9 Å². The number of esters is 2. The summed E-state index contributed by atoms with van der Waals surface area (Å²) in [5.41, 5.74) is 2.28. The first-order valence-electron chi connectivity index (χ1n) is 12.1. The van der Waals surface area contributed by atoms with Gasteiger partial charge in [0.2, 0.25) is 0 Å². The summed E-state index contributed by atoms with van der Waals surface area (Å²) in [5.74, 6) is -0.899. The van der Waals surface area contributed by atoms with Crippen molar-refractivity contribution in [3.63, 3.8) is 0 Å². The zero-order valence-electron chi connectivity index (χ0n) is 21.1. The van der Waals surface area contributed by atoms with Crippen LogP contribution < -0.4 is 10.1 Å². The standard InChI is InChI=1S/C29H22ClFN4O5/c1-38-29(37)21-16-20(8-9-23(21)31)40-25-10-7-19(15-22(25)30)34-27-26-24(32-17-33-27)11-12-35(26)13-14-39-28(36)18-5-3-2-4-6-18/h2-12,15-17H,13-14H2,1H3,(H,32,33,34). The van der Waals surface area contributed by atoms with Gasteiger partial charge in [0.15, 0.2) is 5.82 Å². The van der Waals surface area contributed by atoms with Gasteiger partial charge in [-0.3, -0.25) is 0 Å². The monoisotopic (exact) mass is 560 g/mol. The first-order valence-corrected chi connectivity index (χ1v) is 12.4. The molecule has 0 aliphatic rings. The molecule has 9 nitrogen and oxygen atoms in total. The van der Waals surface area contributed by atoms with Crippen molar-refractivity contribution in [2.45, 2.75) is 6.54 Å². The largest absolute Gasteiger partial charge is 0.465 e. The van der Waals surface area contributed by atoms with Crippen molar-refractivity contribution in [3.05, 3.63) is 107 Å². The van der Waals surface area contributed by atoms with Gasteiger partial charge < -0.3 is 24.1 Å². The molecule has 0 saturated heterocycles. The van der Waals surface area contributed by atoms with E-state index in [4.69, 9.17) is 21.1 Å². The fourth-order valence-corrected chi connectivity index (χ4v) is 4.18. The number of fused-ring (bicyclic) bond motifs is 1. The summed E-state index contributed by atoms with van der Waals surface area (Å²) in [4.78, 5) is 32.8. The van der Waals surface area contributed by atoms with Gasteiger partial charge in [0.25, 0.3) is 0 Å². The second kappa shape index (κ2) is 11.8. The maximum Gasteiger partial charge on any atom is 0.340 e. The third-order valence-electron chi connectivity index (χ3n) is 5.89. The number of nitrogens with zero attached hydrogens (tertiary/aromatic N) is 3. The fourth-order valence-electron chi connectivity index (χ4n) is 3.96. The van der Waals surface area contributed by atoms with Crippen LogP contribution in [-0.2, 0) is 16.0 Å². The Morgan fingerprint density at radius 3 is 2.60 bits per heavy atom. The Kier molecular flexibility index (Phi) is 7.88. The van der Waals surface area contributed by atoms with E-state index in [1.165, 1.54) is 25.6 Å². The van der Waals surface area contributed by atoms with E-state index in [-0.39, 0.29) is 22.9 Å². The van der Waals surface area contributed by atoms with Gasteiger partial charge in [-0.25, -0.2) is 23.9 Å². The van der Waals surface area contributed by atoms with Crippen LogP contribution in [0.15, 0.2) is 85.3 Å². The van der Waals surface area contributed by atoms with E-state index in [9.17, 15) is 14.0 Å². The van der Waals surface area contributed by atoms with E-state index >= 15 is 0 Å². The van der Waals surface area contributed by atoms with Crippen LogP contribution in [0.3, 0.4) is 0 Å². The number of hydrogen-bond acceptors (Lipinski definition) is 8. The van der Waals surface area contributed by atoms with Crippen molar-refractivity contribution in [2.24, 2.45) is 0 Å². The van der Waals surface area contributed by atoms with Gasteiger partial charge in [-0.2, -0.15) is 0 Å². The Balaban J connectivity index is 1.30. The number of aromatic nitrogens is 3. The highest BCUT2D eigenvalue weighted by molar-refractivity contribution is 6.32. The SMILES string of the molecule is COC(=O)c1cc(Oc2ccc(Nc3ncnc4ccn(CCOC(=O)c5ccccc5)c34)cc2Cl)ccc1F. The molecule has 1 N–H and O–H groups in total. The zero-order valence-corrected chi connectivity index (χ0v) is 21.9. The van der Waals surface area contributed by atoms with E-state index in [2.05, 4.69) is 20.0 Å². The van der Waals surface area contributed by atoms with Crippen LogP contribution in [0.1, 0.15) is 20.7 Å². The van der Waals surface area contributed by atoms with E-state index in [1.807, 2.05) is 22.9 Å². The van der Waals surface area contributed by atoms with Gasteiger partial charge in [0.1, 0.15) is 35.8 Å². The number of ether oxygens (including phenoxy) is 3. The maximum absolute atomic E-state index is 14.0. The van der Waals surface area contributed by atoms with Crippen molar-refractivity contribution in [1.82, 2.24) is 14.5 Å². The van der Waals surface area contributed by atoms with Crippen LogP contribution in [0.25, 0.3) is 11.0 Å². The molecule has 0 atom stereocenters. The van der Waals surface area contributed by atoms with Crippen LogP contribution >= 0.6 is 11.6 Å². The molecule has 2 aromatic heterocycles. The summed E-state index contributed by atoms with van der Waals surface area (Å²) in [5, 5.41) is 3.51. The number of carbonyl (C=O) groups is 2. The van der Waals surface area contributed by atoms with E-state index < -0.39 is 17.8 Å². The van der Waals surface area contributed by atoms with Gasteiger partial charge >= 0.3 is 11.9 Å². The molecule has 202 valence electrons. The molecule has 5 aromatic rings. The first kappa shape index (κ1) is 26.6. The summed E-state index contributed by atoms with van der Waals surface area (Å²) in [6, 6.07) is 19.4. The van der Waals surface area contributed by atoms with Crippen molar-refractivity contribution in [2.75, 3.05) is 19.0 Å². The molecule has 40 heavy (non-hydrogen) atoms. The third-order valence-corrected chi connectivity index (χ3v) is 6.19. The van der Waals surface area contributed by atoms with Gasteiger partial charge in [-0.05, 0) is 54.6 Å². The molecule has 0 aliphatic heterocycles. The first-order chi connectivity index (χ1) is 19.4. The smallest absolute Gasteiger partial charge is 0.340 e. The molecule has 0 saturated carbocycles. The summed E-state index contributed by atoms with van der Waals surface area (Å²) in [6.07, 6.45) is 3.28. The highest BCUT2D eigenvalue weighted by Crippen LogP contribution is 2.34. The zero-order chi connectivity index (χ0) is 28.1. The molecule has 0 amide bonds. The molecule has 0 radical (unpaired) electrons. The predicted molar refractivity (Wildman–Crippen MR) is 147 cm³/mol. The molecule has 0 bridgehead atoms. The third kappa shape index (κ3) is 5.87. The minimum absolute atomic E-state index is 0.158. The average Bonchev–Trinajstić information content (AvgIpc) is 3.39. The van der Waals surface area contributed by atoms with Crippen LogP contribution in [0.4, 0.5) is 15.9 Å². The minimum Gasteiger partial charge on any atom is -0.465 e. The van der Waals surface area contributed by atoms with Crippen LogP contribution in [0.2, 0.25) is 5.02 Å². The lowest BCUT2D eigenvalue weighted by atomic mass is 10.2. The van der Waals surface area contributed by atoms with E-state index in [1.54, 1.807) is 42.5 Å². The Hall–Kier alpha value is -4.96. The van der Waals surface area contributed by atoms with Crippen LogP contribution in [-0.4, -0.2) is 40.2 Å². The molecule has 5 rings (SSSR count). The number of halogens is 2. The lowest BCUT2D eigenvalue weighted by Gasteiger charge is -2.13. The number of carbonyl (C=O) groups excluding carboxylic acids is 2. The molecule has 3 aromatic carbocycles. The maximum atomic E-state index is 14.0. The normalized spacial score (nSPS) is 10.8. The fraction of sp³-hybridized carbons (Fsp3) is 0.103. The number of hydrogen-bond donors (Lipinski definition) is 1. The van der Waals surface area contributed by atoms with Crippen LogP contribution in [0.5, 0.6) is 11.5 Å². The van der Waals surface area contributed by atoms with Crippen molar-refractivity contribution < 1.29 is 28.2 Å². The Labute approximate surface area is 233 Å². The molecular weight excluding hydrogens is 539 g/mol. The molecule has 0 spiro atoms. The quantitative estimate of drug-likeness (QED) is 0.206. The van der Waals surface area contributed by atoms with Gasteiger partial charge in [0, 0.05) is 11.9 Å². The lowest BCUT2D eigenvalue weighted by molar-refractivity contribution is 0.0492. The summed E-state index contributed by atoms with van der Waals surface area (Å²) < 4.78 is 31.6. The summed E-state index contributed by atoms with van der Waals surface area (Å²) >= 11 is 6.47. The highest BCUT2D eigenvalue weighted by atomic mass is 35.5. The van der Waals surface area contributed by atoms with Gasteiger partial charge in [-0.15, -0.1) is 0 Å². The Morgan fingerprint density at radius 2 is 1.82 bits per heavy atom. The number of methoxy groups -OCH3 is 1. The molecule has 0 aliphatic carbocycles. The summed E-state index contributed by atoms with van der Waals surface area (Å²) in [7, 11) is 1.17. The topological polar surface area (TPSA) is 105 Å². The Morgan fingerprint density at radius 1 is 1.00 bits per heavy atom. The van der Waals surface area contributed by atoms with Crippen LogP contribution in [0, 0.1) is 5.82 Å². The average molecular weight is 561 g/mol. The van der Waals surface area contributed by atoms with Crippen molar-refractivity contribution >= 4 is 46.1 Å². The molecule has 11 heteroatoms. The lowest BCUT2D eigenvalue weighted by Crippen LogP contribution is -2.11. The van der Waals surface area contributed by atoms with Crippen molar-refractivity contribution in [3.8, 4) is 11.5 Å².